The summed E-state index contributed by atoms with van der Waals surface area (Å²) >= 11 is 0. The molecule has 0 unspecified atom stereocenters. The van der Waals surface area contributed by atoms with Gasteiger partial charge in [-0.3, -0.25) is 0 Å². The van der Waals surface area contributed by atoms with Crippen molar-refractivity contribution in [1.82, 2.24) is 0 Å². The Morgan fingerprint density at radius 2 is 1.59 bits per heavy atom. The molecule has 5 nitrogen and oxygen atoms in total. The van der Waals surface area contributed by atoms with E-state index in [0.29, 0.717) is 13.2 Å². The second-order valence-corrected chi connectivity index (χ2v) is 8.59. The largest absolute Gasteiger partial charge is 0.498 e. The van der Waals surface area contributed by atoms with Crippen LogP contribution in [0, 0.1) is 0 Å². The van der Waals surface area contributed by atoms with E-state index in [0.717, 1.165) is 55.0 Å². The van der Waals surface area contributed by atoms with Gasteiger partial charge in [-0.05, 0) is 61.6 Å². The Morgan fingerprint density at radius 1 is 0.912 bits per heavy atom. The summed E-state index contributed by atoms with van der Waals surface area (Å²) in [7, 11) is 0. The van der Waals surface area contributed by atoms with Gasteiger partial charge in [0.25, 0.3) is 0 Å². The number of benzene rings is 3. The minimum Gasteiger partial charge on any atom is -0.498 e. The maximum Gasteiger partial charge on any atom is 0.133 e. The van der Waals surface area contributed by atoms with Gasteiger partial charge in [-0.1, -0.05) is 43.0 Å². The summed E-state index contributed by atoms with van der Waals surface area (Å²) in [5.74, 6) is 0.933. The Balaban J connectivity index is 1.55. The zero-order valence-electron chi connectivity index (χ0n) is 19.5. The fourth-order valence-electron chi connectivity index (χ4n) is 4.94. The summed E-state index contributed by atoms with van der Waals surface area (Å²) in [5.41, 5.74) is 7.15. The Bertz CT molecular complexity index is 1100. The highest BCUT2D eigenvalue weighted by atomic mass is 16.5. The van der Waals surface area contributed by atoms with E-state index in [1.54, 1.807) is 0 Å². The molecule has 3 aromatic carbocycles. The molecule has 0 fully saturated rings. The molecule has 5 rings (SSSR count). The summed E-state index contributed by atoms with van der Waals surface area (Å²) in [5, 5.41) is 6.94. The van der Waals surface area contributed by atoms with Crippen LogP contribution in [-0.2, 0) is 17.6 Å². The second-order valence-electron chi connectivity index (χ2n) is 8.59. The van der Waals surface area contributed by atoms with Gasteiger partial charge in [0.05, 0.1) is 23.9 Å². The molecule has 0 bridgehead atoms. The number of aryl methyl sites for hydroxylation is 1. The van der Waals surface area contributed by atoms with E-state index in [4.69, 9.17) is 14.6 Å². The summed E-state index contributed by atoms with van der Waals surface area (Å²) in [4.78, 5) is 2.53. The standard InChI is InChI=1S/C29H31N3O2/c1-2-33-19-20-34-29-24(21-23-11-9-17-31-18-10-16-27(29)28(23)31)22-30-32(25-12-5-3-6-13-25)26-14-7-4-8-15-26/h2-8,12-15,21-22H,1,9-11,16-20H2/b30-22+. The van der Waals surface area contributed by atoms with Crippen LogP contribution < -0.4 is 14.6 Å². The average Bonchev–Trinajstić information content (AvgIpc) is 2.89. The molecule has 0 amide bonds. The molecule has 34 heavy (non-hydrogen) atoms. The highest BCUT2D eigenvalue weighted by Gasteiger charge is 2.28. The molecule has 174 valence electrons. The van der Waals surface area contributed by atoms with Gasteiger partial charge in [0, 0.05) is 29.9 Å². The molecule has 0 radical (unpaired) electrons. The number of ether oxygens (including phenoxy) is 2. The number of para-hydroxylation sites is 2. The smallest absolute Gasteiger partial charge is 0.133 e. The second kappa shape index (κ2) is 10.5. The van der Waals surface area contributed by atoms with Crippen molar-refractivity contribution < 1.29 is 9.47 Å². The Kier molecular flexibility index (Phi) is 6.80. The molecule has 0 N–H and O–H groups in total. The molecule has 0 saturated carbocycles. The van der Waals surface area contributed by atoms with Crippen molar-refractivity contribution in [2.45, 2.75) is 25.7 Å². The van der Waals surface area contributed by atoms with Crippen LogP contribution in [0.1, 0.15) is 29.5 Å². The maximum atomic E-state index is 6.34. The van der Waals surface area contributed by atoms with Gasteiger partial charge in [-0.25, -0.2) is 5.01 Å². The summed E-state index contributed by atoms with van der Waals surface area (Å²) in [6.07, 6.45) is 7.87. The molecule has 2 aliphatic rings. The molecular formula is C29H31N3O2. The molecule has 3 aromatic rings. The summed E-state index contributed by atoms with van der Waals surface area (Å²) < 4.78 is 11.7. The predicted octanol–water partition coefficient (Wildman–Crippen LogP) is 6.10. The molecular weight excluding hydrogens is 422 g/mol. The predicted molar refractivity (Wildman–Crippen MR) is 140 cm³/mol. The van der Waals surface area contributed by atoms with Crippen LogP contribution in [0.15, 0.2) is 84.7 Å². The SMILES string of the molecule is C=COCCOc1c(/C=N/N(c2ccccc2)c2ccccc2)cc2c3c1CCCN3CCC2. The molecule has 0 aliphatic carbocycles. The first-order chi connectivity index (χ1) is 16.8. The molecule has 0 aromatic heterocycles. The third-order valence-corrected chi connectivity index (χ3v) is 6.38. The van der Waals surface area contributed by atoms with Crippen LogP contribution >= 0.6 is 0 Å². The van der Waals surface area contributed by atoms with E-state index in [1.807, 2.05) is 47.6 Å². The summed E-state index contributed by atoms with van der Waals surface area (Å²) in [6, 6.07) is 22.7. The number of rotatable bonds is 9. The maximum absolute atomic E-state index is 6.34. The molecule has 0 atom stereocenters. The van der Waals surface area contributed by atoms with Crippen molar-refractivity contribution in [3.8, 4) is 5.75 Å². The Labute approximate surface area is 201 Å². The van der Waals surface area contributed by atoms with E-state index in [9.17, 15) is 0 Å². The van der Waals surface area contributed by atoms with Crippen molar-refractivity contribution in [3.63, 3.8) is 0 Å². The van der Waals surface area contributed by atoms with E-state index >= 15 is 0 Å². The van der Waals surface area contributed by atoms with Gasteiger partial charge >= 0.3 is 0 Å². The fourth-order valence-corrected chi connectivity index (χ4v) is 4.94. The van der Waals surface area contributed by atoms with Crippen LogP contribution in [0.5, 0.6) is 5.75 Å². The number of hydrazone groups is 1. The quantitative estimate of drug-likeness (QED) is 0.170. The number of hydrogen-bond donors (Lipinski definition) is 0. The van der Waals surface area contributed by atoms with Gasteiger partial charge in [0.15, 0.2) is 0 Å². The van der Waals surface area contributed by atoms with Crippen molar-refractivity contribution in [2.24, 2.45) is 5.10 Å². The van der Waals surface area contributed by atoms with Crippen LogP contribution in [0.25, 0.3) is 0 Å². The van der Waals surface area contributed by atoms with E-state index < -0.39 is 0 Å². The lowest BCUT2D eigenvalue weighted by Crippen LogP contribution is -2.35. The van der Waals surface area contributed by atoms with Gasteiger partial charge in [-0.15, -0.1) is 0 Å². The molecule has 2 heterocycles. The van der Waals surface area contributed by atoms with Gasteiger partial charge in [0.2, 0.25) is 0 Å². The molecule has 5 heteroatoms. The topological polar surface area (TPSA) is 37.3 Å². The first-order valence-corrected chi connectivity index (χ1v) is 12.1. The minimum absolute atomic E-state index is 0.472. The van der Waals surface area contributed by atoms with Crippen LogP contribution in [0.2, 0.25) is 0 Å². The Hall–Kier alpha value is -3.73. The molecule has 0 spiro atoms. The average molecular weight is 454 g/mol. The lowest BCUT2D eigenvalue weighted by Gasteiger charge is -2.38. The normalized spacial score (nSPS) is 14.5. The number of nitrogens with zero attached hydrogens (tertiary/aromatic N) is 3. The number of hydrogen-bond acceptors (Lipinski definition) is 5. The molecule has 0 saturated heterocycles. The summed E-state index contributed by atoms with van der Waals surface area (Å²) in [6.45, 7) is 6.83. The van der Waals surface area contributed by atoms with Crippen molar-refractivity contribution in [3.05, 3.63) is 96.3 Å². The van der Waals surface area contributed by atoms with E-state index in [1.165, 1.54) is 29.5 Å². The van der Waals surface area contributed by atoms with Gasteiger partial charge in [0.1, 0.15) is 19.0 Å². The van der Waals surface area contributed by atoms with Crippen LogP contribution in [0.4, 0.5) is 17.1 Å². The van der Waals surface area contributed by atoms with Crippen LogP contribution in [0.3, 0.4) is 0 Å². The molecule has 2 aliphatic heterocycles. The zero-order valence-corrected chi connectivity index (χ0v) is 19.5. The zero-order chi connectivity index (χ0) is 23.2. The van der Waals surface area contributed by atoms with E-state index in [-0.39, 0.29) is 0 Å². The van der Waals surface area contributed by atoms with Gasteiger partial charge in [-0.2, -0.15) is 5.10 Å². The fraction of sp³-hybridized carbons (Fsp3) is 0.276. The van der Waals surface area contributed by atoms with Crippen molar-refractivity contribution in [1.29, 1.82) is 0 Å². The highest BCUT2D eigenvalue weighted by Crippen LogP contribution is 2.42. The minimum atomic E-state index is 0.472. The number of anilines is 3. The highest BCUT2D eigenvalue weighted by molar-refractivity contribution is 5.89. The lowest BCUT2D eigenvalue weighted by atomic mass is 9.89. The van der Waals surface area contributed by atoms with Crippen molar-refractivity contribution >= 4 is 23.3 Å². The monoisotopic (exact) mass is 453 g/mol. The van der Waals surface area contributed by atoms with Gasteiger partial charge < -0.3 is 14.4 Å². The third kappa shape index (κ3) is 4.65. The van der Waals surface area contributed by atoms with Crippen molar-refractivity contribution in [2.75, 3.05) is 36.2 Å². The first-order valence-electron chi connectivity index (χ1n) is 12.1. The lowest BCUT2D eigenvalue weighted by molar-refractivity contribution is 0.178. The third-order valence-electron chi connectivity index (χ3n) is 6.38. The first kappa shape index (κ1) is 22.1. The Morgan fingerprint density at radius 3 is 2.26 bits per heavy atom. The van der Waals surface area contributed by atoms with E-state index in [2.05, 4.69) is 41.8 Å². The van der Waals surface area contributed by atoms with Crippen LogP contribution in [-0.4, -0.2) is 32.5 Å².